The Bertz CT molecular complexity index is 891. The highest BCUT2D eigenvalue weighted by molar-refractivity contribution is 5.72. The molecule has 1 fully saturated rings. The number of anilines is 1. The van der Waals surface area contributed by atoms with Gasteiger partial charge in [-0.05, 0) is 18.9 Å². The lowest BCUT2D eigenvalue weighted by Crippen LogP contribution is -2.36. The molecule has 0 radical (unpaired) electrons. The maximum Gasteiger partial charge on any atom is 0.418 e. The highest BCUT2D eigenvalue weighted by atomic mass is 19.4. The molecular weight excluding hydrogens is 377 g/mol. The fraction of sp³-hybridized carbons (Fsp3) is 0.500. The van der Waals surface area contributed by atoms with Crippen molar-refractivity contribution < 1.29 is 28.1 Å². The van der Waals surface area contributed by atoms with Crippen LogP contribution >= 0.6 is 0 Å². The average Bonchev–Trinajstić information content (AvgIpc) is 3.13. The monoisotopic (exact) mass is 396 g/mol. The quantitative estimate of drug-likeness (QED) is 0.733. The van der Waals surface area contributed by atoms with E-state index >= 15 is 0 Å². The van der Waals surface area contributed by atoms with E-state index < -0.39 is 23.6 Å². The number of fused-ring (bicyclic) bond motifs is 1. The summed E-state index contributed by atoms with van der Waals surface area (Å²) in [4.78, 5) is 3.76. The Labute approximate surface area is 158 Å². The summed E-state index contributed by atoms with van der Waals surface area (Å²) in [5, 5.41) is 31.6. The summed E-state index contributed by atoms with van der Waals surface area (Å²) < 4.78 is 44.1. The van der Waals surface area contributed by atoms with Gasteiger partial charge in [0.2, 0.25) is 0 Å². The summed E-state index contributed by atoms with van der Waals surface area (Å²) in [6.07, 6.45) is -0.518. The van der Waals surface area contributed by atoms with Crippen LogP contribution in [0.4, 0.5) is 19.0 Å². The van der Waals surface area contributed by atoms with Gasteiger partial charge in [-0.3, -0.25) is 0 Å². The van der Waals surface area contributed by atoms with E-state index in [0.717, 1.165) is 19.3 Å². The fourth-order valence-electron chi connectivity index (χ4n) is 3.63. The van der Waals surface area contributed by atoms with Gasteiger partial charge >= 0.3 is 6.18 Å². The molecule has 0 bridgehead atoms. The van der Waals surface area contributed by atoms with E-state index in [1.54, 1.807) is 0 Å². The SMILES string of the molecule is Oc1cc(C(F)(F)F)cnc1-c1nnc(NC2CCCCC2O)c2c1CCO2. The van der Waals surface area contributed by atoms with Gasteiger partial charge in [0.05, 0.1) is 24.3 Å². The van der Waals surface area contributed by atoms with Gasteiger partial charge in [-0.25, -0.2) is 4.98 Å². The number of halogens is 3. The predicted molar refractivity (Wildman–Crippen MR) is 93.0 cm³/mol. The van der Waals surface area contributed by atoms with Crippen molar-refractivity contribution in [2.75, 3.05) is 11.9 Å². The summed E-state index contributed by atoms with van der Waals surface area (Å²) in [7, 11) is 0. The first-order chi connectivity index (χ1) is 13.3. The summed E-state index contributed by atoms with van der Waals surface area (Å²) in [6.45, 7) is 0.360. The van der Waals surface area contributed by atoms with Crippen LogP contribution in [0.3, 0.4) is 0 Å². The molecule has 1 aliphatic carbocycles. The highest BCUT2D eigenvalue weighted by Crippen LogP contribution is 2.41. The molecule has 2 aromatic rings. The van der Waals surface area contributed by atoms with Gasteiger partial charge in [-0.15, -0.1) is 10.2 Å². The molecular formula is C18H19F3N4O3. The molecule has 0 saturated heterocycles. The van der Waals surface area contributed by atoms with E-state index in [2.05, 4.69) is 20.5 Å². The Kier molecular flexibility index (Phi) is 4.74. The fourth-order valence-corrected chi connectivity index (χ4v) is 3.63. The minimum atomic E-state index is -4.60. The number of nitrogens with zero attached hydrogens (tertiary/aromatic N) is 3. The molecule has 28 heavy (non-hydrogen) atoms. The molecule has 10 heteroatoms. The topological polar surface area (TPSA) is 100 Å². The summed E-state index contributed by atoms with van der Waals surface area (Å²) in [6, 6.07) is 0.455. The van der Waals surface area contributed by atoms with Crippen LogP contribution in [0.5, 0.6) is 11.5 Å². The van der Waals surface area contributed by atoms with E-state index in [-0.39, 0.29) is 17.4 Å². The van der Waals surface area contributed by atoms with Crippen molar-refractivity contribution in [3.63, 3.8) is 0 Å². The molecule has 2 atom stereocenters. The third-order valence-electron chi connectivity index (χ3n) is 5.09. The van der Waals surface area contributed by atoms with E-state index in [4.69, 9.17) is 4.74 Å². The molecule has 3 N–H and O–H groups in total. The minimum Gasteiger partial charge on any atom is -0.506 e. The first-order valence-electron chi connectivity index (χ1n) is 9.08. The maximum absolute atomic E-state index is 12.8. The summed E-state index contributed by atoms with van der Waals surface area (Å²) in [5.41, 5.74) is -0.315. The van der Waals surface area contributed by atoms with Crippen LogP contribution in [0, 0.1) is 0 Å². The predicted octanol–water partition coefficient (Wildman–Crippen LogP) is 2.91. The molecule has 3 heterocycles. The van der Waals surface area contributed by atoms with Crippen LogP contribution in [0.2, 0.25) is 0 Å². The number of nitrogens with one attached hydrogen (secondary N) is 1. The second-order valence-electron chi connectivity index (χ2n) is 7.00. The van der Waals surface area contributed by atoms with Crippen molar-refractivity contribution >= 4 is 5.82 Å². The van der Waals surface area contributed by atoms with Gasteiger partial charge in [0.25, 0.3) is 0 Å². The lowest BCUT2D eigenvalue weighted by atomic mass is 9.92. The van der Waals surface area contributed by atoms with Gasteiger partial charge in [0.1, 0.15) is 17.1 Å². The molecule has 4 rings (SSSR count). The summed E-state index contributed by atoms with van der Waals surface area (Å²) in [5.74, 6) is 0.194. The summed E-state index contributed by atoms with van der Waals surface area (Å²) >= 11 is 0. The van der Waals surface area contributed by atoms with Crippen LogP contribution in [-0.4, -0.2) is 44.1 Å². The Morgan fingerprint density at radius 1 is 1.14 bits per heavy atom. The van der Waals surface area contributed by atoms with Crippen molar-refractivity contribution in [2.45, 2.75) is 50.4 Å². The van der Waals surface area contributed by atoms with E-state index in [1.165, 1.54) is 0 Å². The number of aliphatic hydroxyl groups excluding tert-OH is 1. The van der Waals surface area contributed by atoms with E-state index in [9.17, 15) is 23.4 Å². The first-order valence-corrected chi connectivity index (χ1v) is 9.08. The zero-order valence-electron chi connectivity index (χ0n) is 14.8. The number of hydrogen-bond donors (Lipinski definition) is 3. The molecule has 7 nitrogen and oxygen atoms in total. The lowest BCUT2D eigenvalue weighted by molar-refractivity contribution is -0.137. The average molecular weight is 396 g/mol. The molecule has 150 valence electrons. The Morgan fingerprint density at radius 2 is 1.93 bits per heavy atom. The molecule has 0 spiro atoms. The number of aromatic nitrogens is 3. The van der Waals surface area contributed by atoms with Gasteiger partial charge in [0, 0.05) is 18.2 Å². The van der Waals surface area contributed by atoms with Crippen molar-refractivity contribution in [1.29, 1.82) is 0 Å². The van der Waals surface area contributed by atoms with Gasteiger partial charge < -0.3 is 20.3 Å². The van der Waals surface area contributed by atoms with Gasteiger partial charge in [0.15, 0.2) is 11.6 Å². The molecule has 0 amide bonds. The Balaban J connectivity index is 1.68. The molecule has 2 aromatic heterocycles. The number of aliphatic hydroxyl groups is 1. The van der Waals surface area contributed by atoms with Crippen LogP contribution in [-0.2, 0) is 12.6 Å². The largest absolute Gasteiger partial charge is 0.506 e. The second kappa shape index (κ2) is 7.08. The van der Waals surface area contributed by atoms with Crippen LogP contribution in [0.1, 0.15) is 36.8 Å². The van der Waals surface area contributed by atoms with Crippen molar-refractivity contribution in [1.82, 2.24) is 15.2 Å². The number of rotatable bonds is 3. The molecule has 2 unspecified atom stereocenters. The normalized spacial score (nSPS) is 21.9. The van der Waals surface area contributed by atoms with E-state index in [1.807, 2.05) is 0 Å². The van der Waals surface area contributed by atoms with Crippen molar-refractivity contribution in [2.24, 2.45) is 0 Å². The molecule has 0 aromatic carbocycles. The first kappa shape index (κ1) is 18.7. The number of alkyl halides is 3. The highest BCUT2D eigenvalue weighted by Gasteiger charge is 2.33. The number of aromatic hydroxyl groups is 1. The standard InChI is InChI=1S/C18H19F3N4O3/c19-18(20,21)9-7-13(27)15(22-8-9)14-10-5-6-28-16(10)17(25-24-14)23-11-3-1-2-4-12(11)26/h7-8,11-12,26-27H,1-6H2,(H,23,25). The molecule has 2 aliphatic rings. The Hall–Kier alpha value is -2.62. The third kappa shape index (κ3) is 3.44. The maximum atomic E-state index is 12.8. The van der Waals surface area contributed by atoms with Crippen LogP contribution in [0.25, 0.3) is 11.4 Å². The van der Waals surface area contributed by atoms with E-state index in [0.29, 0.717) is 48.8 Å². The molecule has 1 saturated carbocycles. The number of pyridine rings is 1. The van der Waals surface area contributed by atoms with Crippen LogP contribution < -0.4 is 10.1 Å². The number of hydrogen-bond acceptors (Lipinski definition) is 7. The zero-order valence-corrected chi connectivity index (χ0v) is 14.8. The zero-order chi connectivity index (χ0) is 19.9. The van der Waals surface area contributed by atoms with Gasteiger partial charge in [-0.1, -0.05) is 12.8 Å². The Morgan fingerprint density at radius 3 is 2.64 bits per heavy atom. The number of ether oxygens (including phenoxy) is 1. The smallest absolute Gasteiger partial charge is 0.418 e. The third-order valence-corrected chi connectivity index (χ3v) is 5.09. The van der Waals surface area contributed by atoms with Gasteiger partial charge in [-0.2, -0.15) is 13.2 Å². The second-order valence-corrected chi connectivity index (χ2v) is 7.00. The van der Waals surface area contributed by atoms with Crippen molar-refractivity contribution in [3.05, 3.63) is 23.4 Å². The minimum absolute atomic E-state index is 0.0773. The molecule has 1 aliphatic heterocycles. The van der Waals surface area contributed by atoms with Crippen molar-refractivity contribution in [3.8, 4) is 22.9 Å². The van der Waals surface area contributed by atoms with Crippen LogP contribution in [0.15, 0.2) is 12.3 Å². The lowest BCUT2D eigenvalue weighted by Gasteiger charge is -2.29.